The molecule has 0 heterocycles. The third kappa shape index (κ3) is 3.16. The van der Waals surface area contributed by atoms with Gasteiger partial charge in [-0.05, 0) is 25.7 Å². The second kappa shape index (κ2) is 5.91. The summed E-state index contributed by atoms with van der Waals surface area (Å²) in [7, 11) is 0. The van der Waals surface area contributed by atoms with Crippen LogP contribution in [-0.2, 0) is 9.59 Å². The molecule has 0 saturated heterocycles. The van der Waals surface area contributed by atoms with Crippen LogP contribution < -0.4 is 5.32 Å². The molecule has 4 nitrogen and oxygen atoms in total. The van der Waals surface area contributed by atoms with E-state index >= 15 is 0 Å². The molecular formula is C13H21ClN2O2. The predicted octanol–water partition coefficient (Wildman–Crippen LogP) is 1.66. The zero-order valence-electron chi connectivity index (χ0n) is 10.8. The number of carbonyl (C=O) groups is 2. The van der Waals surface area contributed by atoms with Crippen LogP contribution in [0.25, 0.3) is 0 Å². The maximum atomic E-state index is 11.8. The van der Waals surface area contributed by atoms with Crippen LogP contribution in [-0.4, -0.2) is 40.7 Å². The quantitative estimate of drug-likeness (QED) is 0.792. The lowest BCUT2D eigenvalue weighted by Crippen LogP contribution is -2.55. The highest BCUT2D eigenvalue weighted by Gasteiger charge is 2.40. The van der Waals surface area contributed by atoms with Crippen LogP contribution in [0, 0.1) is 0 Å². The molecule has 0 aromatic heterocycles. The summed E-state index contributed by atoms with van der Waals surface area (Å²) in [5.41, 5.74) is 0. The summed E-state index contributed by atoms with van der Waals surface area (Å²) in [6.45, 7) is 1.63. The lowest BCUT2D eigenvalue weighted by molar-refractivity contribution is -0.134. The van der Waals surface area contributed by atoms with E-state index in [1.807, 2.05) is 4.90 Å². The average molecular weight is 273 g/mol. The summed E-state index contributed by atoms with van der Waals surface area (Å²) in [5.74, 6) is -0.00501. The molecule has 2 aliphatic carbocycles. The fourth-order valence-corrected chi connectivity index (χ4v) is 3.05. The van der Waals surface area contributed by atoms with E-state index in [-0.39, 0.29) is 29.8 Å². The van der Waals surface area contributed by atoms with Crippen molar-refractivity contribution in [2.75, 3.05) is 5.88 Å². The van der Waals surface area contributed by atoms with Crippen molar-refractivity contribution in [2.45, 2.75) is 63.6 Å². The van der Waals surface area contributed by atoms with E-state index in [1.165, 1.54) is 0 Å². The standard InChI is InChI=1S/C13H21ClN2O2/c1-9(17)16(10-6-7-10)12-5-3-2-4-11(12)15-13(18)8-14/h10-12H,2-8H2,1H3,(H,15,18)/t11-,12+/m0/s1. The fourth-order valence-electron chi connectivity index (χ4n) is 2.97. The molecule has 18 heavy (non-hydrogen) atoms. The lowest BCUT2D eigenvalue weighted by atomic mass is 9.88. The highest BCUT2D eigenvalue weighted by molar-refractivity contribution is 6.27. The van der Waals surface area contributed by atoms with Gasteiger partial charge in [-0.3, -0.25) is 9.59 Å². The molecule has 1 N–H and O–H groups in total. The Morgan fingerprint density at radius 3 is 2.44 bits per heavy atom. The number of rotatable bonds is 4. The fraction of sp³-hybridized carbons (Fsp3) is 0.846. The topological polar surface area (TPSA) is 49.4 Å². The van der Waals surface area contributed by atoms with E-state index in [4.69, 9.17) is 11.6 Å². The van der Waals surface area contributed by atoms with E-state index < -0.39 is 0 Å². The Morgan fingerprint density at radius 2 is 1.89 bits per heavy atom. The minimum Gasteiger partial charge on any atom is -0.350 e. The number of hydrogen-bond donors (Lipinski definition) is 1. The molecule has 2 saturated carbocycles. The van der Waals surface area contributed by atoms with E-state index in [0.29, 0.717) is 6.04 Å². The summed E-state index contributed by atoms with van der Waals surface area (Å²) in [6, 6.07) is 0.645. The van der Waals surface area contributed by atoms with Crippen molar-refractivity contribution >= 4 is 23.4 Å². The van der Waals surface area contributed by atoms with Crippen molar-refractivity contribution in [3.8, 4) is 0 Å². The van der Waals surface area contributed by atoms with Gasteiger partial charge in [0.1, 0.15) is 5.88 Å². The second-order valence-corrected chi connectivity index (χ2v) is 5.58. The first-order valence-corrected chi connectivity index (χ1v) is 7.31. The van der Waals surface area contributed by atoms with Crippen molar-refractivity contribution in [1.82, 2.24) is 10.2 Å². The van der Waals surface area contributed by atoms with E-state index in [9.17, 15) is 9.59 Å². The molecule has 2 amide bonds. The number of carbonyl (C=O) groups excluding carboxylic acids is 2. The first kappa shape index (κ1) is 13.7. The molecule has 0 aromatic rings. The summed E-state index contributed by atoms with van der Waals surface area (Å²) >= 11 is 5.54. The largest absolute Gasteiger partial charge is 0.350 e. The first-order chi connectivity index (χ1) is 8.63. The Labute approximate surface area is 113 Å². The summed E-state index contributed by atoms with van der Waals surface area (Å²) in [5, 5.41) is 2.97. The van der Waals surface area contributed by atoms with Gasteiger partial charge < -0.3 is 10.2 Å². The Morgan fingerprint density at radius 1 is 1.22 bits per heavy atom. The molecule has 5 heteroatoms. The zero-order chi connectivity index (χ0) is 13.1. The van der Waals surface area contributed by atoms with Crippen molar-refractivity contribution in [2.24, 2.45) is 0 Å². The van der Waals surface area contributed by atoms with Gasteiger partial charge in [0, 0.05) is 19.0 Å². The summed E-state index contributed by atoms with van der Waals surface area (Å²) in [4.78, 5) is 25.3. The normalized spacial score (nSPS) is 27.7. The smallest absolute Gasteiger partial charge is 0.235 e. The third-order valence-electron chi connectivity index (χ3n) is 3.86. The van der Waals surface area contributed by atoms with Gasteiger partial charge in [0.05, 0.1) is 6.04 Å². The van der Waals surface area contributed by atoms with Gasteiger partial charge in [-0.15, -0.1) is 11.6 Å². The molecular weight excluding hydrogens is 252 g/mol. The molecule has 0 spiro atoms. The van der Waals surface area contributed by atoms with E-state index in [1.54, 1.807) is 6.92 Å². The Bertz CT molecular complexity index is 331. The lowest BCUT2D eigenvalue weighted by Gasteiger charge is -2.40. The zero-order valence-corrected chi connectivity index (χ0v) is 11.6. The predicted molar refractivity (Wildman–Crippen MR) is 70.4 cm³/mol. The average Bonchev–Trinajstić information content (AvgIpc) is 3.15. The summed E-state index contributed by atoms with van der Waals surface area (Å²) in [6.07, 6.45) is 6.39. The van der Waals surface area contributed by atoms with Crippen molar-refractivity contribution < 1.29 is 9.59 Å². The van der Waals surface area contributed by atoms with Crippen LogP contribution in [0.5, 0.6) is 0 Å². The first-order valence-electron chi connectivity index (χ1n) is 6.77. The Kier molecular flexibility index (Phi) is 4.49. The van der Waals surface area contributed by atoms with Crippen LogP contribution in [0.1, 0.15) is 45.4 Å². The van der Waals surface area contributed by atoms with Gasteiger partial charge in [-0.1, -0.05) is 12.8 Å². The number of halogens is 1. The number of alkyl halides is 1. The van der Waals surface area contributed by atoms with Gasteiger partial charge in [0.2, 0.25) is 11.8 Å². The monoisotopic (exact) mass is 272 g/mol. The molecule has 0 aliphatic heterocycles. The Balaban J connectivity index is 2.05. The number of hydrogen-bond acceptors (Lipinski definition) is 2. The number of nitrogens with zero attached hydrogens (tertiary/aromatic N) is 1. The van der Waals surface area contributed by atoms with Gasteiger partial charge in [-0.25, -0.2) is 0 Å². The van der Waals surface area contributed by atoms with Crippen LogP contribution in [0.4, 0.5) is 0 Å². The molecule has 102 valence electrons. The molecule has 2 atom stereocenters. The molecule has 0 radical (unpaired) electrons. The summed E-state index contributed by atoms with van der Waals surface area (Å²) < 4.78 is 0. The van der Waals surface area contributed by atoms with Crippen molar-refractivity contribution in [3.63, 3.8) is 0 Å². The van der Waals surface area contributed by atoms with Gasteiger partial charge in [0.15, 0.2) is 0 Å². The van der Waals surface area contributed by atoms with Crippen LogP contribution >= 0.6 is 11.6 Å². The van der Waals surface area contributed by atoms with Crippen molar-refractivity contribution in [1.29, 1.82) is 0 Å². The minimum atomic E-state index is -0.132. The molecule has 0 bridgehead atoms. The second-order valence-electron chi connectivity index (χ2n) is 5.32. The van der Waals surface area contributed by atoms with Gasteiger partial charge >= 0.3 is 0 Å². The van der Waals surface area contributed by atoms with Crippen LogP contribution in [0.15, 0.2) is 0 Å². The van der Waals surface area contributed by atoms with E-state index in [0.717, 1.165) is 38.5 Å². The van der Waals surface area contributed by atoms with Crippen LogP contribution in [0.2, 0.25) is 0 Å². The molecule has 0 aromatic carbocycles. The maximum Gasteiger partial charge on any atom is 0.235 e. The Hall–Kier alpha value is -0.770. The highest BCUT2D eigenvalue weighted by Crippen LogP contribution is 2.33. The molecule has 0 unspecified atom stereocenters. The molecule has 2 fully saturated rings. The molecule has 2 aliphatic rings. The maximum absolute atomic E-state index is 11.8. The van der Waals surface area contributed by atoms with Gasteiger partial charge in [-0.2, -0.15) is 0 Å². The van der Waals surface area contributed by atoms with E-state index in [2.05, 4.69) is 5.32 Å². The highest BCUT2D eigenvalue weighted by atomic mass is 35.5. The van der Waals surface area contributed by atoms with Crippen molar-refractivity contribution in [3.05, 3.63) is 0 Å². The number of nitrogens with one attached hydrogen (secondary N) is 1. The number of amides is 2. The SMILES string of the molecule is CC(=O)N(C1CC1)[C@@H]1CCCC[C@@H]1NC(=O)CCl. The minimum absolute atomic E-state index is 0.00722. The molecule has 2 rings (SSSR count). The third-order valence-corrected chi connectivity index (χ3v) is 4.10. The van der Waals surface area contributed by atoms with Crippen LogP contribution in [0.3, 0.4) is 0 Å². The van der Waals surface area contributed by atoms with Gasteiger partial charge in [0.25, 0.3) is 0 Å².